The van der Waals surface area contributed by atoms with E-state index in [2.05, 4.69) is 20.8 Å². The fraction of sp³-hybridized carbons (Fsp3) is 0.800. The smallest absolute Gasteiger partial charge is 0.546 e. The third-order valence-corrected chi connectivity index (χ3v) is 1.57. The molecule has 1 aliphatic heterocycles. The van der Waals surface area contributed by atoms with Crippen LogP contribution in [-0.4, -0.2) is 29.0 Å². The molecule has 0 aromatic carbocycles. The molecule has 1 saturated heterocycles. The van der Waals surface area contributed by atoms with Crippen molar-refractivity contribution in [3.05, 3.63) is 12.5 Å². The maximum Gasteiger partial charge on any atom is 2.00 e. The average Bonchev–Trinajstić information content (AvgIpc) is 2.32. The summed E-state index contributed by atoms with van der Waals surface area (Å²) >= 11 is 0. The van der Waals surface area contributed by atoms with Gasteiger partial charge in [-0.2, -0.15) is 20.8 Å². The number of rotatable bonds is 1. The van der Waals surface area contributed by atoms with Crippen LogP contribution < -0.4 is 0 Å². The molecule has 0 spiro atoms. The largest absolute Gasteiger partial charge is 2.00 e. The van der Waals surface area contributed by atoms with Gasteiger partial charge in [0, 0.05) is 0 Å². The Morgan fingerprint density at radius 2 is 1.79 bits per heavy atom. The molecular formula is C10H20O3U. The van der Waals surface area contributed by atoms with Gasteiger partial charge < -0.3 is 20.9 Å². The molecule has 1 fully saturated rings. The molecule has 2 N–H and O–H groups in total. The van der Waals surface area contributed by atoms with Crippen LogP contribution in [0.3, 0.4) is 0 Å². The molecule has 82 valence electrons. The quantitative estimate of drug-likeness (QED) is 0.619. The Morgan fingerprint density at radius 1 is 1.36 bits per heavy atom. The Balaban J connectivity index is 0. The van der Waals surface area contributed by atoms with E-state index in [0.717, 1.165) is 0 Å². The second-order valence-electron chi connectivity index (χ2n) is 3.84. The summed E-state index contributed by atoms with van der Waals surface area (Å²) in [6.45, 7) is 9.55. The molecule has 3 nitrogen and oxygen atoms in total. The van der Waals surface area contributed by atoms with E-state index in [9.17, 15) is 0 Å². The summed E-state index contributed by atoms with van der Waals surface area (Å²) in [4.78, 5) is 0. The van der Waals surface area contributed by atoms with Crippen LogP contribution in [0, 0.1) is 49.6 Å². The Bertz CT molecular complexity index is 128. The van der Waals surface area contributed by atoms with E-state index in [1.165, 1.54) is 5.92 Å². The van der Waals surface area contributed by atoms with Crippen molar-refractivity contribution in [2.45, 2.75) is 39.9 Å². The summed E-state index contributed by atoms with van der Waals surface area (Å²) in [7, 11) is 0. The van der Waals surface area contributed by atoms with Crippen LogP contribution in [0.4, 0.5) is 0 Å². The summed E-state index contributed by atoms with van der Waals surface area (Å²) < 4.78 is 4.90. The van der Waals surface area contributed by atoms with Gasteiger partial charge in [0.15, 0.2) is 0 Å². The molecule has 3 atom stereocenters. The zero-order valence-corrected chi connectivity index (χ0v) is 13.5. The SMILES string of the molecule is CC1[CH-]OC(CO)C1O.C[C-](C)C.[U+2]. The fourth-order valence-corrected chi connectivity index (χ4v) is 0.875. The van der Waals surface area contributed by atoms with Gasteiger partial charge in [0.2, 0.25) is 0 Å². The molecule has 0 saturated carbocycles. The Labute approximate surface area is 111 Å². The van der Waals surface area contributed by atoms with Gasteiger partial charge in [-0.15, -0.1) is 5.92 Å². The minimum Gasteiger partial charge on any atom is -0.546 e. The van der Waals surface area contributed by atoms with Gasteiger partial charge in [0.25, 0.3) is 0 Å². The molecule has 1 aliphatic rings. The minimum atomic E-state index is -0.532. The van der Waals surface area contributed by atoms with Gasteiger partial charge in [-0.25, -0.2) is 6.61 Å². The van der Waals surface area contributed by atoms with E-state index >= 15 is 0 Å². The number of hydrogen-bond acceptors (Lipinski definition) is 3. The maximum absolute atomic E-state index is 9.14. The summed E-state index contributed by atoms with van der Waals surface area (Å²) in [5.41, 5.74) is 0. The number of ether oxygens (including phenoxy) is 1. The summed E-state index contributed by atoms with van der Waals surface area (Å²) in [5, 5.41) is 17.7. The van der Waals surface area contributed by atoms with Gasteiger partial charge in [0.05, 0.1) is 18.8 Å². The van der Waals surface area contributed by atoms with Gasteiger partial charge in [-0.3, -0.25) is 0 Å². The molecule has 3 unspecified atom stereocenters. The van der Waals surface area contributed by atoms with Crippen molar-refractivity contribution in [1.82, 2.24) is 0 Å². The van der Waals surface area contributed by atoms with E-state index in [1.54, 1.807) is 6.61 Å². The standard InChI is InChI=1S/C6H11O3.C4H9.U/c1-4-3-9-5(2-7)6(4)8;1-4(2)3;/h3-8H,2H2,1H3;1-3H3;/q2*-1;+2. The molecule has 1 rings (SSSR count). The zero-order valence-electron chi connectivity index (χ0n) is 9.32. The average molecular weight is 426 g/mol. The zero-order chi connectivity index (χ0) is 10.4. The van der Waals surface area contributed by atoms with E-state index in [4.69, 9.17) is 14.9 Å². The maximum atomic E-state index is 9.14. The molecule has 0 aromatic rings. The molecule has 0 aliphatic carbocycles. The predicted molar refractivity (Wildman–Crippen MR) is 51.7 cm³/mol. The van der Waals surface area contributed by atoms with Crippen LogP contribution in [0.5, 0.6) is 0 Å². The molecule has 0 radical (unpaired) electrons. The van der Waals surface area contributed by atoms with Gasteiger partial charge in [0.1, 0.15) is 0 Å². The monoisotopic (exact) mass is 426 g/mol. The number of hydrogen-bond donors (Lipinski definition) is 2. The Hall–Kier alpha value is 0.932. The molecular weight excluding hydrogens is 406 g/mol. The number of aliphatic hydroxyl groups excluding tert-OH is 2. The summed E-state index contributed by atoms with van der Waals surface area (Å²) in [6, 6.07) is 0. The van der Waals surface area contributed by atoms with Crippen LogP contribution in [0.25, 0.3) is 0 Å². The van der Waals surface area contributed by atoms with E-state index < -0.39 is 12.2 Å². The summed E-state index contributed by atoms with van der Waals surface area (Å²) in [5.74, 6) is 1.46. The normalized spacial score (nSPS) is 30.6. The van der Waals surface area contributed by atoms with Gasteiger partial charge in [-0.05, 0) is 0 Å². The molecule has 0 aromatic heterocycles. The fourth-order valence-electron chi connectivity index (χ4n) is 0.875. The van der Waals surface area contributed by atoms with Crippen molar-refractivity contribution in [2.75, 3.05) is 6.61 Å². The predicted octanol–water partition coefficient (Wildman–Crippen LogP) is 1.16. The van der Waals surface area contributed by atoms with Crippen molar-refractivity contribution in [1.29, 1.82) is 0 Å². The first-order valence-corrected chi connectivity index (χ1v) is 4.53. The second-order valence-corrected chi connectivity index (χ2v) is 3.84. The van der Waals surface area contributed by atoms with Gasteiger partial charge in [-0.1, -0.05) is 6.92 Å². The van der Waals surface area contributed by atoms with Crippen LogP contribution >= 0.6 is 0 Å². The van der Waals surface area contributed by atoms with Crippen molar-refractivity contribution < 1.29 is 46.1 Å². The van der Waals surface area contributed by atoms with E-state index in [1.807, 2.05) is 6.92 Å². The number of aliphatic hydroxyl groups is 2. The van der Waals surface area contributed by atoms with Crippen LogP contribution in [-0.2, 0) is 4.74 Å². The molecule has 1 heterocycles. The summed E-state index contributed by atoms with van der Waals surface area (Å²) in [6.07, 6.45) is -0.935. The van der Waals surface area contributed by atoms with Crippen molar-refractivity contribution in [3.63, 3.8) is 0 Å². The van der Waals surface area contributed by atoms with Crippen LogP contribution in [0.2, 0.25) is 0 Å². The van der Waals surface area contributed by atoms with Crippen molar-refractivity contribution in [3.8, 4) is 0 Å². The van der Waals surface area contributed by atoms with Crippen LogP contribution in [0.1, 0.15) is 27.7 Å². The van der Waals surface area contributed by atoms with Crippen molar-refractivity contribution >= 4 is 0 Å². The first kappa shape index (κ1) is 17.3. The Morgan fingerprint density at radius 3 is 1.93 bits per heavy atom. The second kappa shape index (κ2) is 9.18. The first-order chi connectivity index (χ1) is 5.99. The van der Waals surface area contributed by atoms with E-state index in [-0.39, 0.29) is 43.6 Å². The van der Waals surface area contributed by atoms with Crippen LogP contribution in [0.15, 0.2) is 0 Å². The van der Waals surface area contributed by atoms with E-state index in [0.29, 0.717) is 0 Å². The third-order valence-electron chi connectivity index (χ3n) is 1.57. The Kier molecular flexibility index (Phi) is 11.4. The van der Waals surface area contributed by atoms with Gasteiger partial charge >= 0.3 is 31.1 Å². The molecule has 0 amide bonds. The molecule has 4 heteroatoms. The first-order valence-electron chi connectivity index (χ1n) is 4.53. The topological polar surface area (TPSA) is 49.7 Å². The molecule has 0 bridgehead atoms. The molecule has 14 heavy (non-hydrogen) atoms. The third kappa shape index (κ3) is 7.25. The minimum absolute atomic E-state index is 0. The van der Waals surface area contributed by atoms with Crippen molar-refractivity contribution in [2.24, 2.45) is 5.92 Å².